The number of rotatable bonds is 8. The molecular formula is C15H23NO3. The first-order valence-corrected chi connectivity index (χ1v) is 6.75. The summed E-state index contributed by atoms with van der Waals surface area (Å²) >= 11 is 0. The third-order valence-corrected chi connectivity index (χ3v) is 2.68. The van der Waals surface area contributed by atoms with Crippen molar-refractivity contribution in [2.75, 3.05) is 19.8 Å². The summed E-state index contributed by atoms with van der Waals surface area (Å²) in [4.78, 5) is 11.9. The molecule has 0 aromatic heterocycles. The summed E-state index contributed by atoms with van der Waals surface area (Å²) < 4.78 is 10.8. The molecule has 0 aliphatic rings. The highest BCUT2D eigenvalue weighted by atomic mass is 16.7. The summed E-state index contributed by atoms with van der Waals surface area (Å²) in [5, 5.41) is 2.87. The number of ether oxygens (including phenoxy) is 2. The number of hydrogen-bond donors (Lipinski definition) is 1. The van der Waals surface area contributed by atoms with Crippen molar-refractivity contribution in [3.8, 4) is 0 Å². The van der Waals surface area contributed by atoms with E-state index in [2.05, 4.69) is 5.32 Å². The van der Waals surface area contributed by atoms with E-state index in [0.717, 1.165) is 5.56 Å². The van der Waals surface area contributed by atoms with Gasteiger partial charge in [0.1, 0.15) is 0 Å². The minimum atomic E-state index is -0.242. The maximum Gasteiger partial charge on any atom is 0.251 e. The Morgan fingerprint density at radius 3 is 2.26 bits per heavy atom. The molecule has 4 nitrogen and oxygen atoms in total. The molecule has 106 valence electrons. The average Bonchev–Trinajstić information content (AvgIpc) is 2.40. The van der Waals surface area contributed by atoms with Gasteiger partial charge in [0.15, 0.2) is 6.29 Å². The highest BCUT2D eigenvalue weighted by Gasteiger charge is 2.09. The van der Waals surface area contributed by atoms with Gasteiger partial charge in [-0.2, -0.15) is 0 Å². The molecule has 0 aliphatic heterocycles. The molecule has 1 amide bonds. The fraction of sp³-hybridized carbons (Fsp3) is 0.533. The zero-order valence-corrected chi connectivity index (χ0v) is 11.9. The van der Waals surface area contributed by atoms with Crippen molar-refractivity contribution in [1.29, 1.82) is 0 Å². The van der Waals surface area contributed by atoms with Crippen LogP contribution in [0.1, 0.15) is 36.2 Å². The van der Waals surface area contributed by atoms with Crippen LogP contribution in [0.3, 0.4) is 0 Å². The van der Waals surface area contributed by atoms with Gasteiger partial charge >= 0.3 is 0 Å². The maximum absolute atomic E-state index is 11.9. The molecule has 1 aromatic rings. The lowest BCUT2D eigenvalue weighted by atomic mass is 10.1. The zero-order valence-electron chi connectivity index (χ0n) is 11.9. The van der Waals surface area contributed by atoms with E-state index in [9.17, 15) is 4.79 Å². The Bertz CT molecular complexity index is 369. The number of nitrogens with one attached hydrogen (secondary N) is 1. The van der Waals surface area contributed by atoms with Gasteiger partial charge in [0.25, 0.3) is 5.91 Å². The van der Waals surface area contributed by atoms with Crippen molar-refractivity contribution >= 4 is 5.91 Å². The van der Waals surface area contributed by atoms with E-state index in [1.54, 1.807) is 0 Å². The minimum absolute atomic E-state index is 0.0632. The highest BCUT2D eigenvalue weighted by Crippen LogP contribution is 2.04. The van der Waals surface area contributed by atoms with Crippen LogP contribution in [0.25, 0.3) is 0 Å². The van der Waals surface area contributed by atoms with Crippen molar-refractivity contribution in [2.24, 2.45) is 0 Å². The number of hydrogen-bond acceptors (Lipinski definition) is 3. The SMILES string of the molecule is CCOC(CCNC(=O)c1ccc(C)cc1)OCC. The maximum atomic E-state index is 11.9. The van der Waals surface area contributed by atoms with Crippen LogP contribution in [-0.2, 0) is 9.47 Å². The average molecular weight is 265 g/mol. The van der Waals surface area contributed by atoms with Gasteiger partial charge in [-0.15, -0.1) is 0 Å². The topological polar surface area (TPSA) is 47.6 Å². The molecule has 0 aliphatic carbocycles. The van der Waals surface area contributed by atoms with E-state index in [4.69, 9.17) is 9.47 Å². The summed E-state index contributed by atoms with van der Waals surface area (Å²) in [5.74, 6) is -0.0632. The molecule has 1 N–H and O–H groups in total. The summed E-state index contributed by atoms with van der Waals surface area (Å²) in [6.45, 7) is 7.61. The van der Waals surface area contributed by atoms with Gasteiger partial charge in [0.2, 0.25) is 0 Å². The van der Waals surface area contributed by atoms with Crippen molar-refractivity contribution in [2.45, 2.75) is 33.5 Å². The van der Waals surface area contributed by atoms with Gasteiger partial charge in [-0.05, 0) is 32.9 Å². The predicted molar refractivity (Wildman–Crippen MR) is 75.2 cm³/mol. The van der Waals surface area contributed by atoms with E-state index in [1.807, 2.05) is 45.0 Å². The van der Waals surface area contributed by atoms with E-state index in [1.165, 1.54) is 0 Å². The van der Waals surface area contributed by atoms with Gasteiger partial charge in [0.05, 0.1) is 0 Å². The van der Waals surface area contributed by atoms with Crippen LogP contribution in [-0.4, -0.2) is 32.0 Å². The fourth-order valence-electron chi connectivity index (χ4n) is 1.70. The van der Waals surface area contributed by atoms with Crippen LogP contribution in [0.15, 0.2) is 24.3 Å². The first kappa shape index (κ1) is 15.7. The molecule has 4 heteroatoms. The minimum Gasteiger partial charge on any atom is -0.353 e. The Morgan fingerprint density at radius 2 is 1.74 bits per heavy atom. The van der Waals surface area contributed by atoms with Crippen LogP contribution >= 0.6 is 0 Å². The summed E-state index contributed by atoms with van der Waals surface area (Å²) in [5.41, 5.74) is 1.82. The molecule has 1 aromatic carbocycles. The zero-order chi connectivity index (χ0) is 14.1. The standard InChI is InChI=1S/C15H23NO3/c1-4-18-14(19-5-2)10-11-16-15(17)13-8-6-12(3)7-9-13/h6-9,14H,4-5,10-11H2,1-3H3,(H,16,17). The molecule has 0 unspecified atom stereocenters. The van der Waals surface area contributed by atoms with Crippen LogP contribution in [0.4, 0.5) is 0 Å². The van der Waals surface area contributed by atoms with Crippen LogP contribution < -0.4 is 5.32 Å². The molecule has 1 rings (SSSR count). The number of carbonyl (C=O) groups is 1. The van der Waals surface area contributed by atoms with Gasteiger partial charge < -0.3 is 14.8 Å². The number of carbonyl (C=O) groups excluding carboxylic acids is 1. The smallest absolute Gasteiger partial charge is 0.251 e. The normalized spacial score (nSPS) is 10.7. The van der Waals surface area contributed by atoms with Crippen LogP contribution in [0.2, 0.25) is 0 Å². The largest absolute Gasteiger partial charge is 0.353 e. The molecule has 0 saturated heterocycles. The Balaban J connectivity index is 2.35. The summed E-state index contributed by atoms with van der Waals surface area (Å²) in [6, 6.07) is 7.51. The Hall–Kier alpha value is -1.39. The molecule has 0 radical (unpaired) electrons. The lowest BCUT2D eigenvalue weighted by Crippen LogP contribution is -2.29. The second kappa shape index (κ2) is 8.67. The third-order valence-electron chi connectivity index (χ3n) is 2.68. The van der Waals surface area contributed by atoms with Crippen molar-refractivity contribution in [3.05, 3.63) is 35.4 Å². The predicted octanol–water partition coefficient (Wildman–Crippen LogP) is 2.51. The van der Waals surface area contributed by atoms with E-state index in [0.29, 0.717) is 31.7 Å². The van der Waals surface area contributed by atoms with Crippen LogP contribution in [0, 0.1) is 6.92 Å². The first-order valence-electron chi connectivity index (χ1n) is 6.75. The van der Waals surface area contributed by atoms with Crippen molar-refractivity contribution in [1.82, 2.24) is 5.32 Å². The molecule has 0 atom stereocenters. The molecule has 19 heavy (non-hydrogen) atoms. The monoisotopic (exact) mass is 265 g/mol. The van der Waals surface area contributed by atoms with Crippen molar-refractivity contribution in [3.63, 3.8) is 0 Å². The Kier molecular flexibility index (Phi) is 7.15. The van der Waals surface area contributed by atoms with Gasteiger partial charge in [-0.1, -0.05) is 17.7 Å². The molecular weight excluding hydrogens is 242 g/mol. The van der Waals surface area contributed by atoms with Gasteiger partial charge in [0, 0.05) is 31.7 Å². The summed E-state index contributed by atoms with van der Waals surface area (Å²) in [7, 11) is 0. The number of amides is 1. The highest BCUT2D eigenvalue weighted by molar-refractivity contribution is 5.94. The Labute approximate surface area is 115 Å². The first-order chi connectivity index (χ1) is 9.17. The van der Waals surface area contributed by atoms with E-state index < -0.39 is 0 Å². The number of benzene rings is 1. The molecule has 0 saturated carbocycles. The molecule has 0 heterocycles. The second-order valence-corrected chi connectivity index (χ2v) is 4.25. The molecule has 0 bridgehead atoms. The molecule has 0 fully saturated rings. The van der Waals surface area contributed by atoms with Crippen LogP contribution in [0.5, 0.6) is 0 Å². The summed E-state index contributed by atoms with van der Waals surface area (Å²) in [6.07, 6.45) is 0.410. The van der Waals surface area contributed by atoms with Crippen molar-refractivity contribution < 1.29 is 14.3 Å². The lowest BCUT2D eigenvalue weighted by molar-refractivity contribution is -0.138. The fourth-order valence-corrected chi connectivity index (χ4v) is 1.70. The second-order valence-electron chi connectivity index (χ2n) is 4.25. The quantitative estimate of drug-likeness (QED) is 0.735. The Morgan fingerprint density at radius 1 is 1.16 bits per heavy atom. The van der Waals surface area contributed by atoms with Gasteiger partial charge in [-0.25, -0.2) is 0 Å². The molecule has 0 spiro atoms. The lowest BCUT2D eigenvalue weighted by Gasteiger charge is -2.16. The van der Waals surface area contributed by atoms with E-state index in [-0.39, 0.29) is 12.2 Å². The van der Waals surface area contributed by atoms with E-state index >= 15 is 0 Å². The third kappa shape index (κ3) is 5.85. The van der Waals surface area contributed by atoms with Gasteiger partial charge in [-0.3, -0.25) is 4.79 Å². The number of aryl methyl sites for hydroxylation is 1.